The summed E-state index contributed by atoms with van der Waals surface area (Å²) in [6.07, 6.45) is 5.61. The molecule has 0 spiro atoms. The maximum Gasteiger partial charge on any atom is 0.350 e. The topological polar surface area (TPSA) is 116 Å². The Balaban J connectivity index is 1.38. The first-order chi connectivity index (χ1) is 20.7. The van der Waals surface area contributed by atoms with Crippen LogP contribution in [0.2, 0.25) is 0 Å². The summed E-state index contributed by atoms with van der Waals surface area (Å²) in [6, 6.07) is 16.9. The van der Waals surface area contributed by atoms with Crippen LogP contribution in [-0.4, -0.2) is 42.0 Å². The van der Waals surface area contributed by atoms with Crippen LogP contribution in [0.4, 0.5) is 11.4 Å². The lowest BCUT2D eigenvalue weighted by Crippen LogP contribution is -2.47. The minimum absolute atomic E-state index is 0.0424. The van der Waals surface area contributed by atoms with Crippen LogP contribution in [0.15, 0.2) is 60.7 Å². The standard InChI is InChI=1S/C33H36N2O7S/c1-21-8-10-23(11-9-21)31(36)34(28-20-29(22-6-4-3-5-7-22)43-30(28)33(38)41-2)25-16-18-27(19-17-25)42-32(37)24-12-14-26(15-13-24)35(39)40/h3-7,12-15,20-21,23,25,27H,8-11,16-19H2,1-2H3. The predicted molar refractivity (Wildman–Crippen MR) is 164 cm³/mol. The fourth-order valence-corrected chi connectivity index (χ4v) is 7.18. The fourth-order valence-electron chi connectivity index (χ4n) is 6.10. The normalized spacial score (nSPS) is 21.9. The molecule has 0 radical (unpaired) electrons. The largest absolute Gasteiger partial charge is 0.465 e. The van der Waals surface area contributed by atoms with E-state index in [1.165, 1.54) is 42.7 Å². The van der Waals surface area contributed by atoms with Gasteiger partial charge in [0.1, 0.15) is 11.0 Å². The maximum atomic E-state index is 14.3. The van der Waals surface area contributed by atoms with Gasteiger partial charge in [-0.1, -0.05) is 37.3 Å². The highest BCUT2D eigenvalue weighted by Crippen LogP contribution is 2.42. The summed E-state index contributed by atoms with van der Waals surface area (Å²) in [5.41, 5.74) is 1.71. The minimum Gasteiger partial charge on any atom is -0.465 e. The zero-order chi connectivity index (χ0) is 30.5. The molecular weight excluding hydrogens is 568 g/mol. The number of benzene rings is 2. The van der Waals surface area contributed by atoms with Gasteiger partial charge in [0.05, 0.1) is 23.3 Å². The van der Waals surface area contributed by atoms with Gasteiger partial charge in [0.15, 0.2) is 0 Å². The lowest BCUT2D eigenvalue weighted by atomic mass is 9.81. The Morgan fingerprint density at radius 2 is 1.53 bits per heavy atom. The Bertz CT molecular complexity index is 1450. The molecule has 226 valence electrons. The molecule has 9 nitrogen and oxygen atoms in total. The summed E-state index contributed by atoms with van der Waals surface area (Å²) in [5.74, 6) is -0.473. The lowest BCUT2D eigenvalue weighted by Gasteiger charge is -2.39. The van der Waals surface area contributed by atoms with Gasteiger partial charge in [-0.15, -0.1) is 11.3 Å². The third-order valence-corrected chi connectivity index (χ3v) is 9.75. The molecule has 2 fully saturated rings. The lowest BCUT2D eigenvalue weighted by molar-refractivity contribution is -0.384. The van der Waals surface area contributed by atoms with Crippen LogP contribution < -0.4 is 4.90 Å². The van der Waals surface area contributed by atoms with E-state index < -0.39 is 16.9 Å². The van der Waals surface area contributed by atoms with Crippen molar-refractivity contribution in [1.29, 1.82) is 0 Å². The zero-order valence-corrected chi connectivity index (χ0v) is 25.2. The van der Waals surface area contributed by atoms with Crippen LogP contribution >= 0.6 is 11.3 Å². The number of methoxy groups -OCH3 is 1. The van der Waals surface area contributed by atoms with Gasteiger partial charge < -0.3 is 14.4 Å². The Hall–Kier alpha value is -4.05. The third kappa shape index (κ3) is 6.96. The molecule has 2 aliphatic rings. The van der Waals surface area contributed by atoms with Crippen LogP contribution in [0, 0.1) is 22.0 Å². The van der Waals surface area contributed by atoms with Crippen molar-refractivity contribution in [2.24, 2.45) is 11.8 Å². The van der Waals surface area contributed by atoms with Gasteiger partial charge in [-0.2, -0.15) is 0 Å². The fraction of sp³-hybridized carbons (Fsp3) is 0.424. The average molecular weight is 605 g/mol. The molecule has 0 N–H and O–H groups in total. The second-order valence-corrected chi connectivity index (χ2v) is 12.5. The van der Waals surface area contributed by atoms with Crippen LogP contribution in [0.1, 0.15) is 78.3 Å². The van der Waals surface area contributed by atoms with Gasteiger partial charge in [-0.05, 0) is 81.0 Å². The van der Waals surface area contributed by atoms with Crippen LogP contribution in [-0.2, 0) is 14.3 Å². The Labute approximate surface area is 255 Å². The molecule has 2 saturated carbocycles. The molecule has 1 heterocycles. The summed E-state index contributed by atoms with van der Waals surface area (Å²) in [4.78, 5) is 53.6. The number of carbonyl (C=O) groups is 3. The summed E-state index contributed by atoms with van der Waals surface area (Å²) in [6.45, 7) is 2.22. The smallest absolute Gasteiger partial charge is 0.350 e. The second kappa shape index (κ2) is 13.5. The number of nitrogens with zero attached hydrogens (tertiary/aromatic N) is 2. The minimum atomic E-state index is -0.527. The van der Waals surface area contributed by atoms with E-state index in [0.717, 1.165) is 36.1 Å². The van der Waals surface area contributed by atoms with E-state index in [2.05, 4.69) is 6.92 Å². The van der Waals surface area contributed by atoms with E-state index >= 15 is 0 Å². The molecule has 10 heteroatoms. The number of thiophene rings is 1. The van der Waals surface area contributed by atoms with E-state index in [0.29, 0.717) is 42.2 Å². The van der Waals surface area contributed by atoms with Crippen molar-refractivity contribution in [3.8, 4) is 10.4 Å². The zero-order valence-electron chi connectivity index (χ0n) is 24.4. The average Bonchev–Trinajstić information content (AvgIpc) is 3.47. The molecule has 1 aromatic heterocycles. The summed E-state index contributed by atoms with van der Waals surface area (Å²) in [7, 11) is 1.35. The number of nitro groups is 1. The number of ether oxygens (including phenoxy) is 2. The highest BCUT2D eigenvalue weighted by molar-refractivity contribution is 7.18. The molecule has 43 heavy (non-hydrogen) atoms. The number of anilines is 1. The molecule has 1 amide bonds. The van der Waals surface area contributed by atoms with Crippen molar-refractivity contribution in [2.45, 2.75) is 70.4 Å². The first-order valence-electron chi connectivity index (χ1n) is 14.8. The molecular formula is C33H36N2O7S. The third-order valence-electron chi connectivity index (χ3n) is 8.60. The van der Waals surface area contributed by atoms with Crippen molar-refractivity contribution >= 4 is 40.6 Å². The molecule has 2 aromatic carbocycles. The Morgan fingerprint density at radius 3 is 2.14 bits per heavy atom. The number of hydrogen-bond acceptors (Lipinski definition) is 8. The first kappa shape index (κ1) is 30.4. The van der Waals surface area contributed by atoms with Gasteiger partial charge in [-0.3, -0.25) is 14.9 Å². The molecule has 0 aliphatic heterocycles. The van der Waals surface area contributed by atoms with Crippen molar-refractivity contribution in [3.05, 3.63) is 81.2 Å². The van der Waals surface area contributed by atoms with Crippen molar-refractivity contribution in [1.82, 2.24) is 0 Å². The van der Waals surface area contributed by atoms with Crippen LogP contribution in [0.5, 0.6) is 0 Å². The molecule has 0 saturated heterocycles. The van der Waals surface area contributed by atoms with Crippen LogP contribution in [0.3, 0.4) is 0 Å². The van der Waals surface area contributed by atoms with E-state index in [9.17, 15) is 24.5 Å². The number of carbonyl (C=O) groups excluding carboxylic acids is 3. The van der Waals surface area contributed by atoms with Gasteiger partial charge >= 0.3 is 11.9 Å². The van der Waals surface area contributed by atoms with Gasteiger partial charge in [0.25, 0.3) is 5.69 Å². The van der Waals surface area contributed by atoms with Gasteiger partial charge in [0.2, 0.25) is 5.91 Å². The molecule has 2 aliphatic carbocycles. The predicted octanol–water partition coefficient (Wildman–Crippen LogP) is 7.44. The van der Waals surface area contributed by atoms with E-state index in [-0.39, 0.29) is 35.2 Å². The summed E-state index contributed by atoms with van der Waals surface area (Å²) >= 11 is 1.33. The summed E-state index contributed by atoms with van der Waals surface area (Å²) in [5, 5.41) is 10.9. The highest BCUT2D eigenvalue weighted by atomic mass is 32.1. The quantitative estimate of drug-likeness (QED) is 0.149. The number of non-ortho nitro benzene ring substituents is 1. The molecule has 0 bridgehead atoms. The van der Waals surface area contributed by atoms with Crippen molar-refractivity contribution < 1.29 is 28.8 Å². The molecule has 5 rings (SSSR count). The van der Waals surface area contributed by atoms with Crippen molar-refractivity contribution in [3.63, 3.8) is 0 Å². The summed E-state index contributed by atoms with van der Waals surface area (Å²) < 4.78 is 10.9. The SMILES string of the molecule is COC(=O)c1sc(-c2ccccc2)cc1N(C(=O)C1CCC(C)CC1)C1CCC(OC(=O)c2ccc([N+](=O)[O-])cc2)CC1. The van der Waals surface area contributed by atoms with E-state index in [1.54, 1.807) is 0 Å². The molecule has 0 atom stereocenters. The van der Waals surface area contributed by atoms with Gasteiger partial charge in [0, 0.05) is 29.0 Å². The number of nitro benzene ring substituents is 1. The van der Waals surface area contributed by atoms with E-state index in [4.69, 9.17) is 9.47 Å². The Morgan fingerprint density at radius 1 is 0.884 bits per heavy atom. The number of hydrogen-bond donors (Lipinski definition) is 0. The number of esters is 2. The van der Waals surface area contributed by atoms with Gasteiger partial charge in [-0.25, -0.2) is 9.59 Å². The van der Waals surface area contributed by atoms with Crippen molar-refractivity contribution in [2.75, 3.05) is 12.0 Å². The first-order valence-corrected chi connectivity index (χ1v) is 15.6. The monoisotopic (exact) mass is 604 g/mol. The number of rotatable bonds is 8. The highest BCUT2D eigenvalue weighted by Gasteiger charge is 2.38. The molecule has 3 aromatic rings. The van der Waals surface area contributed by atoms with E-state index in [1.807, 2.05) is 41.3 Å². The Kier molecular flexibility index (Phi) is 9.55. The maximum absolute atomic E-state index is 14.3. The number of amides is 1. The van der Waals surface area contributed by atoms with Crippen LogP contribution in [0.25, 0.3) is 10.4 Å². The molecule has 0 unspecified atom stereocenters. The second-order valence-electron chi connectivity index (χ2n) is 11.5.